The molecule has 0 saturated carbocycles. The van der Waals surface area contributed by atoms with Crippen molar-refractivity contribution in [2.45, 2.75) is 6.92 Å². The van der Waals surface area contributed by atoms with E-state index in [-0.39, 0.29) is 0 Å². The number of benzene rings is 1. The van der Waals surface area contributed by atoms with Gasteiger partial charge in [-0.15, -0.1) is 0 Å². The van der Waals surface area contributed by atoms with Crippen molar-refractivity contribution in [3.05, 3.63) is 24.3 Å². The van der Waals surface area contributed by atoms with Gasteiger partial charge in [0.1, 0.15) is 0 Å². The van der Waals surface area contributed by atoms with Crippen molar-refractivity contribution in [1.82, 2.24) is 0 Å². The van der Waals surface area contributed by atoms with E-state index in [0.717, 1.165) is 12.4 Å². The van der Waals surface area contributed by atoms with E-state index in [0.29, 0.717) is 0 Å². The van der Waals surface area contributed by atoms with Crippen molar-refractivity contribution in [2.75, 3.05) is 13.7 Å². The van der Waals surface area contributed by atoms with Gasteiger partial charge in [-0.25, -0.2) is 0 Å². The molecule has 0 spiro atoms. The number of hydrogen-bond acceptors (Lipinski definition) is 2. The predicted octanol–water partition coefficient (Wildman–Crippen LogP) is 0.976. The molecule has 2 radical (unpaired) electrons. The Morgan fingerprint density at radius 3 is 2.42 bits per heavy atom. The fraction of sp³-hybridized carbons (Fsp3) is 0.333. The van der Waals surface area contributed by atoms with Gasteiger partial charge in [-0.1, -0.05) is 0 Å². The molecule has 0 aromatic heterocycles. The molecule has 0 atom stereocenters. The molecule has 1 rings (SSSR count). The molecule has 0 saturated heterocycles. The van der Waals surface area contributed by atoms with E-state index >= 15 is 0 Å². The van der Waals surface area contributed by atoms with Crippen LogP contribution >= 0.6 is 0 Å². The van der Waals surface area contributed by atoms with Gasteiger partial charge in [0, 0.05) is 0 Å². The molecule has 0 amide bonds. The van der Waals surface area contributed by atoms with Gasteiger partial charge < -0.3 is 0 Å². The Hall–Kier alpha value is -0.221. The van der Waals surface area contributed by atoms with Crippen LogP contribution in [0.15, 0.2) is 24.3 Å². The van der Waals surface area contributed by atoms with Crippen molar-refractivity contribution in [3.63, 3.8) is 0 Å². The van der Waals surface area contributed by atoms with Gasteiger partial charge in [0.25, 0.3) is 0 Å². The minimum atomic E-state index is -0.743. The monoisotopic (exact) mass is 272 g/mol. The second-order valence-corrected chi connectivity index (χ2v) is 5.66. The van der Waals surface area contributed by atoms with E-state index in [1.165, 1.54) is 3.58 Å². The zero-order valence-corrected chi connectivity index (χ0v) is 10.2. The summed E-state index contributed by atoms with van der Waals surface area (Å²) in [6.07, 6.45) is 0. The SMILES string of the molecule is CCOc1cc[c]([Sn][O]C)cc1. The van der Waals surface area contributed by atoms with Crippen LogP contribution in [0.25, 0.3) is 0 Å². The van der Waals surface area contributed by atoms with Crippen LogP contribution in [0.1, 0.15) is 6.92 Å². The first-order valence-electron chi connectivity index (χ1n) is 3.88. The summed E-state index contributed by atoms with van der Waals surface area (Å²) < 4.78 is 11.8. The molecule has 0 aliphatic carbocycles. The molecule has 12 heavy (non-hydrogen) atoms. The second kappa shape index (κ2) is 5.43. The van der Waals surface area contributed by atoms with Gasteiger partial charge >= 0.3 is 83.6 Å². The maximum atomic E-state index is 5.32. The van der Waals surface area contributed by atoms with Crippen LogP contribution < -0.4 is 8.32 Å². The summed E-state index contributed by atoms with van der Waals surface area (Å²) in [5.41, 5.74) is 0. The molecule has 0 bridgehead atoms. The third-order valence-electron chi connectivity index (χ3n) is 1.39. The van der Waals surface area contributed by atoms with Crippen LogP contribution in [-0.2, 0) is 3.07 Å². The average molecular weight is 271 g/mol. The van der Waals surface area contributed by atoms with Crippen LogP contribution in [0.5, 0.6) is 5.75 Å². The fourth-order valence-corrected chi connectivity index (χ4v) is 2.44. The molecule has 0 aliphatic rings. The Kier molecular flexibility index (Phi) is 4.46. The summed E-state index contributed by atoms with van der Waals surface area (Å²) in [4.78, 5) is 0. The van der Waals surface area contributed by atoms with Gasteiger partial charge in [-0.05, 0) is 0 Å². The van der Waals surface area contributed by atoms with Crippen LogP contribution in [0.2, 0.25) is 0 Å². The molecule has 0 N–H and O–H groups in total. The van der Waals surface area contributed by atoms with Gasteiger partial charge in [0.15, 0.2) is 0 Å². The van der Waals surface area contributed by atoms with E-state index in [2.05, 4.69) is 12.1 Å². The maximum absolute atomic E-state index is 5.32. The molecular weight excluding hydrogens is 259 g/mol. The summed E-state index contributed by atoms with van der Waals surface area (Å²) in [5.74, 6) is 0.941. The van der Waals surface area contributed by atoms with Crippen molar-refractivity contribution >= 4 is 25.1 Å². The average Bonchev–Trinajstić information content (AvgIpc) is 2.09. The molecule has 1 aromatic carbocycles. The molecule has 64 valence electrons. The Balaban J connectivity index is 2.58. The second-order valence-electron chi connectivity index (χ2n) is 2.26. The molecule has 0 aliphatic heterocycles. The zero-order chi connectivity index (χ0) is 8.81. The van der Waals surface area contributed by atoms with Gasteiger partial charge in [0.05, 0.1) is 0 Å². The quantitative estimate of drug-likeness (QED) is 0.760. The summed E-state index contributed by atoms with van der Waals surface area (Å²) >= 11 is -0.743. The molecule has 2 nitrogen and oxygen atoms in total. The molecular formula is C9H12O2Sn. The van der Waals surface area contributed by atoms with Crippen molar-refractivity contribution < 1.29 is 7.81 Å². The number of hydrogen-bond donors (Lipinski definition) is 0. The van der Waals surface area contributed by atoms with Crippen LogP contribution in [0.3, 0.4) is 0 Å². The zero-order valence-electron chi connectivity index (χ0n) is 7.33. The van der Waals surface area contributed by atoms with E-state index in [9.17, 15) is 0 Å². The Morgan fingerprint density at radius 2 is 1.92 bits per heavy atom. The first-order chi connectivity index (χ1) is 5.86. The summed E-state index contributed by atoms with van der Waals surface area (Å²) in [6, 6.07) is 8.17. The third kappa shape index (κ3) is 3.03. The molecule has 0 heterocycles. The van der Waals surface area contributed by atoms with Crippen molar-refractivity contribution in [1.29, 1.82) is 0 Å². The predicted molar refractivity (Wildman–Crippen MR) is 50.0 cm³/mol. The van der Waals surface area contributed by atoms with Crippen LogP contribution in [0, 0.1) is 0 Å². The Labute approximate surface area is 83.6 Å². The standard InChI is InChI=1S/C8H9O.CH3O.Sn/c1-2-9-8-6-4-3-5-7-8;1-2;/h4-7H,2H2,1H3;1H3;/q;-1;+1. The molecule has 1 aromatic rings. The van der Waals surface area contributed by atoms with Gasteiger partial charge in [-0.2, -0.15) is 0 Å². The van der Waals surface area contributed by atoms with E-state index in [1.54, 1.807) is 7.11 Å². The Bertz CT molecular complexity index is 195. The summed E-state index contributed by atoms with van der Waals surface area (Å²) in [7, 11) is 1.77. The first-order valence-corrected chi connectivity index (χ1v) is 6.48. The van der Waals surface area contributed by atoms with Gasteiger partial charge in [0.2, 0.25) is 0 Å². The number of ether oxygens (including phenoxy) is 1. The van der Waals surface area contributed by atoms with Crippen molar-refractivity contribution in [2.24, 2.45) is 0 Å². The third-order valence-corrected chi connectivity index (χ3v) is 3.59. The van der Waals surface area contributed by atoms with Crippen LogP contribution in [0.4, 0.5) is 0 Å². The summed E-state index contributed by atoms with van der Waals surface area (Å²) in [6.45, 7) is 2.71. The van der Waals surface area contributed by atoms with Gasteiger partial charge in [-0.3, -0.25) is 0 Å². The molecule has 0 fully saturated rings. The number of rotatable bonds is 4. The fourth-order valence-electron chi connectivity index (χ4n) is 0.904. The van der Waals surface area contributed by atoms with Crippen molar-refractivity contribution in [3.8, 4) is 5.75 Å². The first kappa shape index (κ1) is 9.86. The molecule has 0 unspecified atom stereocenters. The van der Waals surface area contributed by atoms with E-state index < -0.39 is 21.6 Å². The normalized spacial score (nSPS) is 9.83. The topological polar surface area (TPSA) is 18.5 Å². The Morgan fingerprint density at radius 1 is 1.25 bits per heavy atom. The summed E-state index contributed by atoms with van der Waals surface area (Å²) in [5, 5.41) is 0. The van der Waals surface area contributed by atoms with E-state index in [1.807, 2.05) is 19.1 Å². The van der Waals surface area contributed by atoms with Crippen LogP contribution in [-0.4, -0.2) is 35.3 Å². The van der Waals surface area contributed by atoms with E-state index in [4.69, 9.17) is 7.81 Å². The minimum absolute atomic E-state index is 0.726. The molecule has 3 heteroatoms.